The Labute approximate surface area is 204 Å². The van der Waals surface area contributed by atoms with E-state index in [1.807, 2.05) is 41.5 Å². The van der Waals surface area contributed by atoms with Crippen LogP contribution in [0, 0.1) is 17.3 Å². The first-order valence-corrected chi connectivity index (χ1v) is 12.5. The summed E-state index contributed by atoms with van der Waals surface area (Å²) in [6.07, 6.45) is 6.35. The maximum absolute atomic E-state index is 11.9. The first kappa shape index (κ1) is 29.6. The van der Waals surface area contributed by atoms with Crippen molar-refractivity contribution < 1.29 is 28.8 Å². The second-order valence-corrected chi connectivity index (χ2v) is 9.77. The lowest BCUT2D eigenvalue weighted by Gasteiger charge is -2.29. The van der Waals surface area contributed by atoms with Gasteiger partial charge in [0.1, 0.15) is 6.61 Å². The molecule has 1 saturated carbocycles. The molecule has 194 valence electrons. The van der Waals surface area contributed by atoms with Gasteiger partial charge in [0, 0.05) is 17.9 Å². The Kier molecular flexibility index (Phi) is 12.2. The van der Waals surface area contributed by atoms with Crippen LogP contribution in [0.5, 0.6) is 0 Å². The summed E-state index contributed by atoms with van der Waals surface area (Å²) < 4.78 is 5.05. The van der Waals surface area contributed by atoms with E-state index in [-0.39, 0.29) is 48.8 Å². The maximum Gasteiger partial charge on any atom is 0.433 e. The quantitative estimate of drug-likeness (QED) is 0.137. The molecule has 3 amide bonds. The summed E-state index contributed by atoms with van der Waals surface area (Å²) in [7, 11) is 0. The summed E-state index contributed by atoms with van der Waals surface area (Å²) >= 11 is 0. The van der Waals surface area contributed by atoms with E-state index in [2.05, 4.69) is 15.3 Å². The van der Waals surface area contributed by atoms with Crippen molar-refractivity contribution >= 4 is 29.6 Å². The minimum atomic E-state index is -0.654. The van der Waals surface area contributed by atoms with Crippen molar-refractivity contribution in [2.24, 2.45) is 22.4 Å². The lowest BCUT2D eigenvalue weighted by atomic mass is 9.91. The Morgan fingerprint density at radius 1 is 1.06 bits per heavy atom. The molecule has 1 aliphatic carbocycles. The van der Waals surface area contributed by atoms with Gasteiger partial charge in [0.25, 0.3) is 0 Å². The van der Waals surface area contributed by atoms with Crippen LogP contribution in [0.1, 0.15) is 93.4 Å². The van der Waals surface area contributed by atoms with Crippen LogP contribution in [0.15, 0.2) is 5.16 Å². The number of carbonyl (C=O) groups is 4. The lowest BCUT2D eigenvalue weighted by Crippen LogP contribution is -2.41. The van der Waals surface area contributed by atoms with Crippen LogP contribution in [0.25, 0.3) is 0 Å². The van der Waals surface area contributed by atoms with Gasteiger partial charge in [-0.3, -0.25) is 24.1 Å². The second-order valence-electron chi connectivity index (χ2n) is 9.77. The number of hydrogen-bond donors (Lipinski definition) is 1. The smallest absolute Gasteiger partial charge is 0.433 e. The number of oxime groups is 1. The van der Waals surface area contributed by atoms with Gasteiger partial charge in [-0.15, -0.1) is 0 Å². The van der Waals surface area contributed by atoms with Crippen molar-refractivity contribution in [2.45, 2.75) is 99.5 Å². The number of likely N-dealkylation sites (tertiary alicyclic amines) is 1. The van der Waals surface area contributed by atoms with Gasteiger partial charge in [0.15, 0.2) is 0 Å². The third-order valence-corrected chi connectivity index (χ3v) is 6.78. The Bertz CT molecular complexity index is 723. The maximum atomic E-state index is 11.9. The molecule has 34 heavy (non-hydrogen) atoms. The van der Waals surface area contributed by atoms with Gasteiger partial charge in [-0.2, -0.15) is 0 Å². The molecule has 1 N–H and O–H groups in total. The van der Waals surface area contributed by atoms with Gasteiger partial charge in [-0.1, -0.05) is 52.1 Å². The molecule has 9 nitrogen and oxygen atoms in total. The van der Waals surface area contributed by atoms with E-state index in [4.69, 9.17) is 4.74 Å². The van der Waals surface area contributed by atoms with Gasteiger partial charge >= 0.3 is 12.1 Å². The van der Waals surface area contributed by atoms with Crippen LogP contribution in [-0.4, -0.2) is 53.7 Å². The summed E-state index contributed by atoms with van der Waals surface area (Å²) in [5, 5.41) is 6.05. The number of esters is 1. The van der Waals surface area contributed by atoms with Crippen LogP contribution in [-0.2, 0) is 24.0 Å². The number of rotatable bonds is 8. The van der Waals surface area contributed by atoms with E-state index in [1.54, 1.807) is 11.8 Å². The van der Waals surface area contributed by atoms with E-state index >= 15 is 0 Å². The van der Waals surface area contributed by atoms with Crippen LogP contribution in [0.4, 0.5) is 4.79 Å². The number of nitrogens with one attached hydrogen (secondary N) is 1. The third-order valence-electron chi connectivity index (χ3n) is 6.78. The number of nitrogens with zero attached hydrogens (tertiary/aromatic N) is 2. The van der Waals surface area contributed by atoms with Crippen molar-refractivity contribution in [2.75, 3.05) is 13.2 Å². The average Bonchev–Trinajstić information content (AvgIpc) is 3.03. The topological polar surface area (TPSA) is 114 Å². The van der Waals surface area contributed by atoms with Crippen molar-refractivity contribution in [3.05, 3.63) is 0 Å². The fourth-order valence-corrected chi connectivity index (χ4v) is 3.53. The van der Waals surface area contributed by atoms with E-state index in [1.165, 1.54) is 6.42 Å². The fraction of sp³-hybridized carbons (Fsp3) is 0.800. The zero-order chi connectivity index (χ0) is 25.9. The number of hydrogen-bond acceptors (Lipinski definition) is 7. The Morgan fingerprint density at radius 3 is 2.12 bits per heavy atom. The van der Waals surface area contributed by atoms with Crippen LogP contribution in [0.3, 0.4) is 0 Å². The highest BCUT2D eigenvalue weighted by Crippen LogP contribution is 2.32. The van der Waals surface area contributed by atoms with E-state index in [9.17, 15) is 19.2 Å². The SMILES string of the molecule is CC1C(=O)N(C2CCCCC2)C(=O)C1C.CCC(C)=NOC(=O)NCCOC(=O)C(C)(C)CC. The lowest BCUT2D eigenvalue weighted by molar-refractivity contribution is -0.154. The second kappa shape index (κ2) is 14.1. The fourth-order valence-electron chi connectivity index (χ4n) is 3.53. The molecule has 2 rings (SSSR count). The molecular weight excluding hydrogens is 438 g/mol. The molecule has 0 aromatic heterocycles. The van der Waals surface area contributed by atoms with Crippen LogP contribution < -0.4 is 5.32 Å². The van der Waals surface area contributed by atoms with Crippen LogP contribution in [0.2, 0.25) is 0 Å². The standard InChI is InChI=1S/C13H24N2O4.C12H19NO2/c1-6-10(3)15-19-12(17)14-8-9-18-11(16)13(4,5)7-2;1-8-9(2)12(15)13(11(8)14)10-6-4-3-5-7-10/h6-9H2,1-5H3,(H,14,17);8-10H,3-7H2,1-2H3. The Hall–Kier alpha value is -2.45. The van der Waals surface area contributed by atoms with Crippen LogP contribution >= 0.6 is 0 Å². The van der Waals surface area contributed by atoms with Gasteiger partial charge in [0.05, 0.1) is 17.7 Å². The normalized spacial score (nSPS) is 21.6. The minimum absolute atomic E-state index is 0.0550. The van der Waals surface area contributed by atoms with Gasteiger partial charge in [-0.05, 0) is 46.5 Å². The van der Waals surface area contributed by atoms with E-state index < -0.39 is 11.5 Å². The minimum Gasteiger partial charge on any atom is -0.463 e. The highest BCUT2D eigenvalue weighted by molar-refractivity contribution is 6.05. The Morgan fingerprint density at radius 2 is 1.62 bits per heavy atom. The Balaban J connectivity index is 0.000000347. The predicted molar refractivity (Wildman–Crippen MR) is 130 cm³/mol. The largest absolute Gasteiger partial charge is 0.463 e. The van der Waals surface area contributed by atoms with Gasteiger partial charge < -0.3 is 10.1 Å². The molecule has 2 aliphatic rings. The molecule has 9 heteroatoms. The highest BCUT2D eigenvalue weighted by atomic mass is 16.7. The molecule has 2 fully saturated rings. The van der Waals surface area contributed by atoms with Gasteiger partial charge in [0.2, 0.25) is 11.8 Å². The first-order chi connectivity index (χ1) is 16.0. The van der Waals surface area contributed by atoms with E-state index in [0.717, 1.165) is 37.8 Å². The predicted octanol–water partition coefficient (Wildman–Crippen LogP) is 4.44. The first-order valence-electron chi connectivity index (χ1n) is 12.5. The number of carbonyl (C=O) groups excluding carboxylic acids is 4. The summed E-state index contributed by atoms with van der Waals surface area (Å²) in [6.45, 7) is 13.3. The molecule has 1 saturated heterocycles. The molecule has 1 heterocycles. The zero-order valence-electron chi connectivity index (χ0n) is 21.9. The van der Waals surface area contributed by atoms with Crippen molar-refractivity contribution in [1.82, 2.24) is 10.2 Å². The van der Waals surface area contributed by atoms with Gasteiger partial charge in [-0.25, -0.2) is 4.79 Å². The molecule has 0 radical (unpaired) electrons. The van der Waals surface area contributed by atoms with Crippen molar-refractivity contribution in [1.29, 1.82) is 0 Å². The molecule has 2 unspecified atom stereocenters. The summed E-state index contributed by atoms with van der Waals surface area (Å²) in [4.78, 5) is 52.8. The monoisotopic (exact) mass is 481 g/mol. The molecule has 1 aliphatic heterocycles. The average molecular weight is 482 g/mol. The zero-order valence-corrected chi connectivity index (χ0v) is 21.9. The number of imide groups is 1. The summed E-state index contributed by atoms with van der Waals surface area (Å²) in [6, 6.07) is 0.200. The highest BCUT2D eigenvalue weighted by Gasteiger charge is 2.45. The molecule has 0 aromatic carbocycles. The summed E-state index contributed by atoms with van der Waals surface area (Å²) in [5.41, 5.74) is 0.231. The molecule has 0 spiro atoms. The number of amides is 3. The molecule has 0 bridgehead atoms. The van der Waals surface area contributed by atoms with Crippen molar-refractivity contribution in [3.8, 4) is 0 Å². The van der Waals surface area contributed by atoms with E-state index in [0.29, 0.717) is 6.42 Å². The number of ether oxygens (including phenoxy) is 1. The van der Waals surface area contributed by atoms with Crippen molar-refractivity contribution in [3.63, 3.8) is 0 Å². The summed E-state index contributed by atoms with van der Waals surface area (Å²) in [5.74, 6) is -0.386. The molecular formula is C25H43N3O6. The molecule has 2 atom stereocenters. The molecule has 0 aromatic rings. The third kappa shape index (κ3) is 8.72.